The van der Waals surface area contributed by atoms with Gasteiger partial charge in [-0.05, 0) is 36.6 Å². The molecule has 1 aromatic carbocycles. The standard InChI is InChI=1S/C21H24N2O5/c1-13-9-16(8-7-14-10-22-18-6-4-3-5-17(14)18)28-21(27)19(13)20(26)23(2)11-15(25)12-24/h3-6,9-10,15,22,24-25H,7-8,11-12H2,1-2H3. The first kappa shape index (κ1) is 19.9. The van der Waals surface area contributed by atoms with Crippen LogP contribution in [0.25, 0.3) is 10.9 Å². The van der Waals surface area contributed by atoms with Gasteiger partial charge in [-0.2, -0.15) is 0 Å². The summed E-state index contributed by atoms with van der Waals surface area (Å²) in [5.41, 5.74) is 1.98. The lowest BCUT2D eigenvalue weighted by Crippen LogP contribution is -2.38. The fourth-order valence-corrected chi connectivity index (χ4v) is 3.30. The summed E-state index contributed by atoms with van der Waals surface area (Å²) in [6, 6.07) is 9.71. The zero-order valence-corrected chi connectivity index (χ0v) is 15.9. The lowest BCUT2D eigenvalue weighted by molar-refractivity contribution is 0.0516. The smallest absolute Gasteiger partial charge is 0.349 e. The number of para-hydroxylation sites is 1. The molecule has 0 saturated heterocycles. The van der Waals surface area contributed by atoms with Crippen LogP contribution in [0.1, 0.15) is 27.2 Å². The van der Waals surface area contributed by atoms with Gasteiger partial charge in [0.2, 0.25) is 0 Å². The molecule has 0 spiro atoms. The van der Waals surface area contributed by atoms with Gasteiger partial charge < -0.3 is 24.5 Å². The maximum absolute atomic E-state index is 12.5. The topological polar surface area (TPSA) is 107 Å². The minimum atomic E-state index is -1.06. The Hall–Kier alpha value is -2.90. The van der Waals surface area contributed by atoms with Gasteiger partial charge in [0.15, 0.2) is 0 Å². The van der Waals surface area contributed by atoms with E-state index in [9.17, 15) is 14.7 Å². The molecule has 2 aromatic heterocycles. The molecule has 3 N–H and O–H groups in total. The molecule has 1 unspecified atom stereocenters. The first-order chi connectivity index (χ1) is 13.4. The lowest BCUT2D eigenvalue weighted by Gasteiger charge is -2.20. The van der Waals surface area contributed by atoms with E-state index in [1.165, 1.54) is 11.9 Å². The minimum absolute atomic E-state index is 0.0523. The number of aromatic nitrogens is 1. The SMILES string of the molecule is Cc1cc(CCc2c[nH]c3ccccc23)oc(=O)c1C(=O)N(C)CC(O)CO. The molecule has 7 heteroatoms. The van der Waals surface area contributed by atoms with Crippen molar-refractivity contribution < 1.29 is 19.4 Å². The van der Waals surface area contributed by atoms with Gasteiger partial charge in [0.05, 0.1) is 12.7 Å². The Morgan fingerprint density at radius 2 is 2.04 bits per heavy atom. The normalized spacial score (nSPS) is 12.3. The number of carbonyl (C=O) groups excluding carboxylic acids is 1. The van der Waals surface area contributed by atoms with Crippen molar-refractivity contribution in [3.63, 3.8) is 0 Å². The van der Waals surface area contributed by atoms with Gasteiger partial charge in [-0.3, -0.25) is 4.79 Å². The van der Waals surface area contributed by atoms with Crippen LogP contribution in [0.4, 0.5) is 0 Å². The van der Waals surface area contributed by atoms with Crippen molar-refractivity contribution in [1.82, 2.24) is 9.88 Å². The maximum atomic E-state index is 12.5. The third-order valence-corrected chi connectivity index (χ3v) is 4.77. The van der Waals surface area contributed by atoms with Crippen LogP contribution < -0.4 is 5.63 Å². The number of likely N-dealkylation sites (N-methyl/N-ethyl adjacent to an activating group) is 1. The number of nitrogens with zero attached hydrogens (tertiary/aromatic N) is 1. The van der Waals surface area contributed by atoms with E-state index in [0.29, 0.717) is 24.2 Å². The molecule has 0 aliphatic heterocycles. The van der Waals surface area contributed by atoms with E-state index < -0.39 is 24.2 Å². The quantitative estimate of drug-likeness (QED) is 0.574. The summed E-state index contributed by atoms with van der Waals surface area (Å²) >= 11 is 0. The van der Waals surface area contributed by atoms with E-state index in [1.54, 1.807) is 13.0 Å². The zero-order chi connectivity index (χ0) is 20.3. The molecule has 0 bridgehead atoms. The number of nitrogens with one attached hydrogen (secondary N) is 1. The molecule has 0 saturated carbocycles. The van der Waals surface area contributed by atoms with Crippen molar-refractivity contribution in [1.29, 1.82) is 0 Å². The molecule has 7 nitrogen and oxygen atoms in total. The molecule has 148 valence electrons. The number of rotatable bonds is 7. The Labute approximate surface area is 162 Å². The number of aryl methyl sites for hydroxylation is 3. The molecule has 1 amide bonds. The molecule has 1 atom stereocenters. The van der Waals surface area contributed by atoms with Gasteiger partial charge in [-0.25, -0.2) is 4.79 Å². The van der Waals surface area contributed by atoms with Gasteiger partial charge in [-0.1, -0.05) is 18.2 Å². The first-order valence-corrected chi connectivity index (χ1v) is 9.13. The van der Waals surface area contributed by atoms with E-state index >= 15 is 0 Å². The summed E-state index contributed by atoms with van der Waals surface area (Å²) in [5, 5.41) is 19.5. The molecule has 3 rings (SSSR count). The Morgan fingerprint density at radius 3 is 2.75 bits per heavy atom. The average molecular weight is 384 g/mol. The third kappa shape index (κ3) is 4.16. The number of carbonyl (C=O) groups is 1. The highest BCUT2D eigenvalue weighted by molar-refractivity contribution is 5.95. The summed E-state index contributed by atoms with van der Waals surface area (Å²) in [7, 11) is 1.46. The van der Waals surface area contributed by atoms with Crippen molar-refractivity contribution >= 4 is 16.8 Å². The molecule has 0 aliphatic carbocycles. The summed E-state index contributed by atoms with van der Waals surface area (Å²) in [5.74, 6) is -0.0238. The molecule has 0 aliphatic rings. The van der Waals surface area contributed by atoms with Gasteiger partial charge in [0, 0.05) is 37.1 Å². The van der Waals surface area contributed by atoms with E-state index in [4.69, 9.17) is 9.52 Å². The van der Waals surface area contributed by atoms with Crippen LogP contribution in [0, 0.1) is 6.92 Å². The second-order valence-corrected chi connectivity index (χ2v) is 6.94. The number of H-pyrrole nitrogens is 1. The zero-order valence-electron chi connectivity index (χ0n) is 15.9. The Kier molecular flexibility index (Phi) is 5.96. The number of aromatic amines is 1. The predicted octanol–water partition coefficient (Wildman–Crippen LogP) is 1.64. The fraction of sp³-hybridized carbons (Fsp3) is 0.333. The van der Waals surface area contributed by atoms with Gasteiger partial charge in [0.25, 0.3) is 5.91 Å². The van der Waals surface area contributed by atoms with E-state index in [2.05, 4.69) is 4.98 Å². The van der Waals surface area contributed by atoms with Crippen molar-refractivity contribution in [3.8, 4) is 0 Å². The third-order valence-electron chi connectivity index (χ3n) is 4.77. The number of aliphatic hydroxyl groups is 2. The number of hydrogen-bond acceptors (Lipinski definition) is 5. The molecule has 28 heavy (non-hydrogen) atoms. The second kappa shape index (κ2) is 8.41. The van der Waals surface area contributed by atoms with Gasteiger partial charge >= 0.3 is 5.63 Å². The van der Waals surface area contributed by atoms with Crippen molar-refractivity contribution in [2.45, 2.75) is 25.9 Å². The van der Waals surface area contributed by atoms with Crippen LogP contribution in [0.2, 0.25) is 0 Å². The fourth-order valence-electron chi connectivity index (χ4n) is 3.30. The molecule has 3 aromatic rings. The Balaban J connectivity index is 1.76. The molecular weight excluding hydrogens is 360 g/mol. The highest BCUT2D eigenvalue weighted by Crippen LogP contribution is 2.20. The van der Waals surface area contributed by atoms with E-state index in [0.717, 1.165) is 16.5 Å². The largest absolute Gasteiger partial charge is 0.427 e. The average Bonchev–Trinajstić information content (AvgIpc) is 3.08. The van der Waals surface area contributed by atoms with E-state index in [-0.39, 0.29) is 12.1 Å². The van der Waals surface area contributed by atoms with Crippen LogP contribution in [0.5, 0.6) is 0 Å². The van der Waals surface area contributed by atoms with Crippen molar-refractivity contribution in [2.75, 3.05) is 20.2 Å². The van der Waals surface area contributed by atoms with Crippen LogP contribution >= 0.6 is 0 Å². The minimum Gasteiger partial charge on any atom is -0.427 e. The van der Waals surface area contributed by atoms with Gasteiger partial charge in [0.1, 0.15) is 11.3 Å². The van der Waals surface area contributed by atoms with Crippen LogP contribution in [-0.2, 0) is 12.8 Å². The molecule has 0 fully saturated rings. The Morgan fingerprint density at radius 1 is 1.29 bits per heavy atom. The van der Waals surface area contributed by atoms with Crippen molar-refractivity contribution in [2.24, 2.45) is 0 Å². The van der Waals surface area contributed by atoms with E-state index in [1.807, 2.05) is 30.5 Å². The summed E-state index contributed by atoms with van der Waals surface area (Å²) in [6.45, 7) is 1.16. The van der Waals surface area contributed by atoms with Crippen LogP contribution in [0.15, 0.2) is 45.7 Å². The van der Waals surface area contributed by atoms with Crippen LogP contribution in [-0.4, -0.2) is 52.3 Å². The van der Waals surface area contributed by atoms with Crippen LogP contribution in [0.3, 0.4) is 0 Å². The lowest BCUT2D eigenvalue weighted by atomic mass is 10.1. The highest BCUT2D eigenvalue weighted by Gasteiger charge is 2.22. The first-order valence-electron chi connectivity index (χ1n) is 9.13. The number of hydrogen-bond donors (Lipinski definition) is 3. The van der Waals surface area contributed by atoms with Gasteiger partial charge in [-0.15, -0.1) is 0 Å². The number of aliphatic hydroxyl groups excluding tert-OH is 2. The summed E-state index contributed by atoms with van der Waals surface area (Å²) in [4.78, 5) is 29.3. The molecule has 0 radical (unpaired) electrons. The number of fused-ring (bicyclic) bond motifs is 1. The summed E-state index contributed by atoms with van der Waals surface area (Å²) in [6.07, 6.45) is 2.12. The van der Waals surface area contributed by atoms with Crippen molar-refractivity contribution in [3.05, 3.63) is 69.4 Å². The molecule has 2 heterocycles. The maximum Gasteiger partial charge on any atom is 0.349 e. The second-order valence-electron chi connectivity index (χ2n) is 6.94. The highest BCUT2D eigenvalue weighted by atomic mass is 16.4. The predicted molar refractivity (Wildman–Crippen MR) is 105 cm³/mol. The Bertz CT molecular complexity index is 1040. The number of amides is 1. The summed E-state index contributed by atoms with van der Waals surface area (Å²) < 4.78 is 5.38. The monoisotopic (exact) mass is 384 g/mol. The molecular formula is C21H24N2O5. The number of benzene rings is 1.